The minimum atomic E-state index is -4.45. The summed E-state index contributed by atoms with van der Waals surface area (Å²) in [5.41, 5.74) is 1.10. The second-order valence-electron chi connectivity index (χ2n) is 6.03. The fourth-order valence-corrected chi connectivity index (χ4v) is 3.29. The molecule has 0 unspecified atom stereocenters. The Labute approximate surface area is 177 Å². The van der Waals surface area contributed by atoms with Crippen molar-refractivity contribution in [3.63, 3.8) is 0 Å². The van der Waals surface area contributed by atoms with Gasteiger partial charge in [-0.05, 0) is 41.8 Å². The summed E-state index contributed by atoms with van der Waals surface area (Å²) in [6.45, 7) is 0. The Morgan fingerprint density at radius 3 is 2.57 bits per heavy atom. The molecule has 30 heavy (non-hydrogen) atoms. The average Bonchev–Trinajstić information content (AvgIpc) is 3.26. The molecule has 11 heteroatoms. The molecule has 0 saturated carbocycles. The summed E-state index contributed by atoms with van der Waals surface area (Å²) in [6, 6.07) is 10.2. The van der Waals surface area contributed by atoms with Crippen molar-refractivity contribution in [1.82, 2.24) is 20.2 Å². The maximum atomic E-state index is 12.9. The number of hydrogen-bond donors (Lipinski definition) is 2. The first-order valence-electron chi connectivity index (χ1n) is 8.48. The van der Waals surface area contributed by atoms with Crippen molar-refractivity contribution in [2.45, 2.75) is 6.18 Å². The summed E-state index contributed by atoms with van der Waals surface area (Å²) in [6.07, 6.45) is -3.12. The average molecular weight is 449 g/mol. The van der Waals surface area contributed by atoms with Gasteiger partial charge in [0, 0.05) is 16.6 Å². The van der Waals surface area contributed by atoms with E-state index in [2.05, 4.69) is 30.8 Å². The molecule has 3 aromatic heterocycles. The highest BCUT2D eigenvalue weighted by Crippen LogP contribution is 2.32. The molecule has 1 aromatic carbocycles. The topological polar surface area (TPSA) is 75.6 Å². The fourth-order valence-electron chi connectivity index (χ4n) is 2.50. The number of halogens is 4. The van der Waals surface area contributed by atoms with Gasteiger partial charge < -0.3 is 10.6 Å². The van der Waals surface area contributed by atoms with Gasteiger partial charge in [-0.1, -0.05) is 17.7 Å². The van der Waals surface area contributed by atoms with Crippen molar-refractivity contribution in [1.29, 1.82) is 0 Å². The summed E-state index contributed by atoms with van der Waals surface area (Å²) >= 11 is 7.65. The summed E-state index contributed by atoms with van der Waals surface area (Å²) < 4.78 is 38.7. The molecule has 0 saturated heterocycles. The van der Waals surface area contributed by atoms with E-state index < -0.39 is 11.7 Å². The zero-order valence-electron chi connectivity index (χ0n) is 15.0. The van der Waals surface area contributed by atoms with Crippen LogP contribution in [0.5, 0.6) is 0 Å². The zero-order valence-corrected chi connectivity index (χ0v) is 16.6. The SMILES string of the molecule is FC(F)(F)c1cccc(Nc2nc(Nc3ccc(-c4ccsc4)nn3)ncc2Cl)c1. The number of aromatic nitrogens is 4. The number of alkyl halides is 3. The van der Waals surface area contributed by atoms with Crippen LogP contribution in [-0.4, -0.2) is 20.2 Å². The zero-order chi connectivity index (χ0) is 21.1. The van der Waals surface area contributed by atoms with Crippen LogP contribution in [0, 0.1) is 0 Å². The van der Waals surface area contributed by atoms with E-state index in [-0.39, 0.29) is 22.5 Å². The molecule has 0 spiro atoms. The number of benzene rings is 1. The normalized spacial score (nSPS) is 11.3. The lowest BCUT2D eigenvalue weighted by Crippen LogP contribution is -2.06. The van der Waals surface area contributed by atoms with Crippen LogP contribution in [0.15, 0.2) is 59.4 Å². The highest BCUT2D eigenvalue weighted by Gasteiger charge is 2.30. The van der Waals surface area contributed by atoms with Gasteiger partial charge >= 0.3 is 6.18 Å². The smallest absolute Gasteiger partial charge is 0.339 e. The second kappa shape index (κ2) is 8.25. The first-order valence-corrected chi connectivity index (χ1v) is 9.81. The molecule has 6 nitrogen and oxygen atoms in total. The summed E-state index contributed by atoms with van der Waals surface area (Å²) in [5.74, 6) is 0.712. The third kappa shape index (κ3) is 4.66. The number of nitrogens with zero attached hydrogens (tertiary/aromatic N) is 4. The lowest BCUT2D eigenvalue weighted by atomic mass is 10.2. The minimum Gasteiger partial charge on any atom is -0.339 e. The largest absolute Gasteiger partial charge is 0.416 e. The minimum absolute atomic E-state index is 0.149. The lowest BCUT2D eigenvalue weighted by molar-refractivity contribution is -0.137. The molecule has 0 radical (unpaired) electrons. The van der Waals surface area contributed by atoms with Gasteiger partial charge in [0.25, 0.3) is 0 Å². The van der Waals surface area contributed by atoms with Gasteiger partial charge in [0.15, 0.2) is 11.6 Å². The number of nitrogens with one attached hydrogen (secondary N) is 2. The number of thiophene rings is 1. The van der Waals surface area contributed by atoms with Gasteiger partial charge in [-0.2, -0.15) is 29.5 Å². The molecule has 0 bridgehead atoms. The molecular formula is C19H12ClF3N6S. The van der Waals surface area contributed by atoms with Gasteiger partial charge in [0.05, 0.1) is 17.5 Å². The van der Waals surface area contributed by atoms with Crippen molar-refractivity contribution in [3.05, 3.63) is 70.0 Å². The Bertz CT molecular complexity index is 1150. The molecule has 0 aliphatic heterocycles. The van der Waals surface area contributed by atoms with E-state index in [1.54, 1.807) is 23.5 Å². The van der Waals surface area contributed by atoms with Crippen LogP contribution in [-0.2, 0) is 6.18 Å². The van der Waals surface area contributed by atoms with Crippen LogP contribution in [0.2, 0.25) is 5.02 Å². The third-order valence-electron chi connectivity index (χ3n) is 3.92. The van der Waals surface area contributed by atoms with E-state index >= 15 is 0 Å². The van der Waals surface area contributed by atoms with E-state index in [1.807, 2.05) is 16.8 Å². The molecule has 4 rings (SSSR count). The Kier molecular flexibility index (Phi) is 5.51. The lowest BCUT2D eigenvalue weighted by Gasteiger charge is -2.12. The van der Waals surface area contributed by atoms with E-state index in [9.17, 15) is 13.2 Å². The van der Waals surface area contributed by atoms with Crippen LogP contribution < -0.4 is 10.6 Å². The number of anilines is 4. The highest BCUT2D eigenvalue weighted by molar-refractivity contribution is 7.08. The molecule has 0 aliphatic carbocycles. The number of hydrogen-bond acceptors (Lipinski definition) is 7. The number of rotatable bonds is 5. The molecule has 2 N–H and O–H groups in total. The fraction of sp³-hybridized carbons (Fsp3) is 0.0526. The molecule has 0 amide bonds. The molecule has 4 aromatic rings. The van der Waals surface area contributed by atoms with Crippen LogP contribution >= 0.6 is 22.9 Å². The summed E-state index contributed by atoms with van der Waals surface area (Å²) in [4.78, 5) is 8.28. The maximum absolute atomic E-state index is 12.9. The van der Waals surface area contributed by atoms with Crippen molar-refractivity contribution in [3.8, 4) is 11.3 Å². The molecule has 3 heterocycles. The second-order valence-corrected chi connectivity index (χ2v) is 7.22. The van der Waals surface area contributed by atoms with Crippen LogP contribution in [0.4, 0.5) is 36.4 Å². The maximum Gasteiger partial charge on any atom is 0.416 e. The predicted molar refractivity (Wildman–Crippen MR) is 110 cm³/mol. The predicted octanol–water partition coefficient (Wildman–Crippen LogP) is 6.15. The standard InChI is InChI=1S/C19H12ClF3N6S/c20-14-9-24-18(26-16-5-4-15(28-29-16)11-6-7-30-10-11)27-17(14)25-13-3-1-2-12(8-13)19(21,22)23/h1-10H,(H2,24,25,26,27,29). The molecule has 152 valence electrons. The van der Waals surface area contributed by atoms with Gasteiger partial charge in [-0.15, -0.1) is 10.2 Å². The van der Waals surface area contributed by atoms with E-state index in [4.69, 9.17) is 11.6 Å². The Hall–Kier alpha value is -3.24. The molecular weight excluding hydrogens is 437 g/mol. The molecule has 0 fully saturated rings. The van der Waals surface area contributed by atoms with Crippen LogP contribution in [0.3, 0.4) is 0 Å². The first-order chi connectivity index (χ1) is 14.4. The molecule has 0 atom stereocenters. The van der Waals surface area contributed by atoms with Crippen molar-refractivity contribution >= 4 is 46.2 Å². The van der Waals surface area contributed by atoms with E-state index in [0.29, 0.717) is 5.82 Å². The van der Waals surface area contributed by atoms with Crippen LogP contribution in [0.25, 0.3) is 11.3 Å². The highest BCUT2D eigenvalue weighted by atomic mass is 35.5. The summed E-state index contributed by atoms with van der Waals surface area (Å²) in [7, 11) is 0. The third-order valence-corrected chi connectivity index (χ3v) is 4.88. The Morgan fingerprint density at radius 1 is 1.00 bits per heavy atom. The van der Waals surface area contributed by atoms with Gasteiger partial charge in [-0.25, -0.2) is 4.98 Å². The van der Waals surface area contributed by atoms with Crippen molar-refractivity contribution in [2.24, 2.45) is 0 Å². The van der Waals surface area contributed by atoms with Gasteiger partial charge in [-0.3, -0.25) is 0 Å². The Morgan fingerprint density at radius 2 is 1.87 bits per heavy atom. The van der Waals surface area contributed by atoms with Crippen LogP contribution in [0.1, 0.15) is 5.56 Å². The quantitative estimate of drug-likeness (QED) is 0.381. The first kappa shape index (κ1) is 20.0. The van der Waals surface area contributed by atoms with Crippen molar-refractivity contribution in [2.75, 3.05) is 10.6 Å². The van der Waals surface area contributed by atoms with E-state index in [1.165, 1.54) is 18.3 Å². The monoisotopic (exact) mass is 448 g/mol. The van der Waals surface area contributed by atoms with Gasteiger partial charge in [0.1, 0.15) is 5.02 Å². The Balaban J connectivity index is 1.52. The molecule has 0 aliphatic rings. The summed E-state index contributed by atoms with van der Waals surface area (Å²) in [5, 5.41) is 18.0. The van der Waals surface area contributed by atoms with Gasteiger partial charge in [0.2, 0.25) is 5.95 Å². The van der Waals surface area contributed by atoms with E-state index in [0.717, 1.165) is 23.4 Å². The van der Waals surface area contributed by atoms with Crippen molar-refractivity contribution < 1.29 is 13.2 Å².